The minimum absolute atomic E-state index is 0.148. The van der Waals surface area contributed by atoms with E-state index >= 15 is 0 Å². The molecule has 0 aliphatic rings. The van der Waals surface area contributed by atoms with Crippen molar-refractivity contribution < 1.29 is 4.79 Å². The maximum Gasteiger partial charge on any atom is 0.223 e. The van der Waals surface area contributed by atoms with Crippen molar-refractivity contribution in [1.82, 2.24) is 4.90 Å². The van der Waals surface area contributed by atoms with Crippen LogP contribution in [0, 0.1) is 18.3 Å². The van der Waals surface area contributed by atoms with Gasteiger partial charge < -0.3 is 10.6 Å². The van der Waals surface area contributed by atoms with Gasteiger partial charge in [0.1, 0.15) is 0 Å². The van der Waals surface area contributed by atoms with E-state index in [9.17, 15) is 4.79 Å². The summed E-state index contributed by atoms with van der Waals surface area (Å²) in [4.78, 5) is 13.5. The SMILES string of the molecule is C#CCN(CCC)C(=O)CCC(C)CN. The summed E-state index contributed by atoms with van der Waals surface area (Å²) in [6.45, 7) is 5.90. The first-order chi connectivity index (χ1) is 7.15. The maximum absolute atomic E-state index is 11.7. The standard InChI is InChI=1S/C12H22N2O/c1-4-8-14(9-5-2)12(15)7-6-11(3)10-13/h1,11H,5-10,13H2,2-3H3. The minimum Gasteiger partial charge on any atom is -0.332 e. The summed E-state index contributed by atoms with van der Waals surface area (Å²) in [6, 6.07) is 0. The van der Waals surface area contributed by atoms with E-state index in [0.29, 0.717) is 25.4 Å². The lowest BCUT2D eigenvalue weighted by atomic mass is 10.1. The molecule has 1 amide bonds. The van der Waals surface area contributed by atoms with E-state index in [-0.39, 0.29) is 5.91 Å². The Bertz CT molecular complexity index is 220. The van der Waals surface area contributed by atoms with Gasteiger partial charge in [-0.1, -0.05) is 19.8 Å². The number of hydrogen-bond donors (Lipinski definition) is 1. The molecule has 0 radical (unpaired) electrons. The number of carbonyl (C=O) groups excluding carboxylic acids is 1. The fraction of sp³-hybridized carbons (Fsp3) is 0.750. The summed E-state index contributed by atoms with van der Waals surface area (Å²) in [6.07, 6.45) is 7.56. The third-order valence-electron chi connectivity index (χ3n) is 2.38. The van der Waals surface area contributed by atoms with Crippen LogP contribution in [0.25, 0.3) is 0 Å². The van der Waals surface area contributed by atoms with Crippen molar-refractivity contribution in [3.63, 3.8) is 0 Å². The summed E-state index contributed by atoms with van der Waals surface area (Å²) in [7, 11) is 0. The zero-order valence-electron chi connectivity index (χ0n) is 9.83. The lowest BCUT2D eigenvalue weighted by molar-refractivity contribution is -0.130. The van der Waals surface area contributed by atoms with Crippen LogP contribution in [-0.2, 0) is 4.79 Å². The van der Waals surface area contributed by atoms with Gasteiger partial charge in [-0.3, -0.25) is 4.79 Å². The van der Waals surface area contributed by atoms with Crippen molar-refractivity contribution in [1.29, 1.82) is 0 Å². The predicted molar refractivity (Wildman–Crippen MR) is 63.2 cm³/mol. The molecule has 1 atom stereocenters. The second kappa shape index (κ2) is 8.31. The van der Waals surface area contributed by atoms with Crippen LogP contribution in [0.5, 0.6) is 0 Å². The van der Waals surface area contributed by atoms with E-state index in [0.717, 1.165) is 19.4 Å². The van der Waals surface area contributed by atoms with Gasteiger partial charge in [0, 0.05) is 13.0 Å². The monoisotopic (exact) mass is 210 g/mol. The van der Waals surface area contributed by atoms with Crippen LogP contribution in [0.2, 0.25) is 0 Å². The Morgan fingerprint density at radius 1 is 1.60 bits per heavy atom. The van der Waals surface area contributed by atoms with E-state index < -0.39 is 0 Å². The highest BCUT2D eigenvalue weighted by atomic mass is 16.2. The van der Waals surface area contributed by atoms with Crippen molar-refractivity contribution in [3.8, 4) is 12.3 Å². The van der Waals surface area contributed by atoms with Crippen molar-refractivity contribution in [2.75, 3.05) is 19.6 Å². The first kappa shape index (κ1) is 14.0. The van der Waals surface area contributed by atoms with E-state index in [1.165, 1.54) is 0 Å². The number of carbonyl (C=O) groups is 1. The largest absolute Gasteiger partial charge is 0.332 e. The fourth-order valence-electron chi connectivity index (χ4n) is 1.32. The number of nitrogens with zero attached hydrogens (tertiary/aromatic N) is 1. The molecule has 0 aromatic rings. The highest BCUT2D eigenvalue weighted by Gasteiger charge is 2.12. The molecule has 86 valence electrons. The number of terminal acetylenes is 1. The average molecular weight is 210 g/mol. The summed E-state index contributed by atoms with van der Waals surface area (Å²) in [5.41, 5.74) is 5.49. The van der Waals surface area contributed by atoms with Gasteiger partial charge in [0.05, 0.1) is 6.54 Å². The molecule has 0 aromatic carbocycles. The van der Waals surface area contributed by atoms with E-state index in [4.69, 9.17) is 12.2 Å². The molecule has 0 saturated heterocycles. The van der Waals surface area contributed by atoms with E-state index in [1.807, 2.05) is 6.92 Å². The Hall–Kier alpha value is -1.01. The van der Waals surface area contributed by atoms with Crippen LogP contribution >= 0.6 is 0 Å². The average Bonchev–Trinajstić information content (AvgIpc) is 2.25. The van der Waals surface area contributed by atoms with Crippen molar-refractivity contribution in [3.05, 3.63) is 0 Å². The normalized spacial score (nSPS) is 11.9. The van der Waals surface area contributed by atoms with Crippen LogP contribution in [-0.4, -0.2) is 30.4 Å². The molecule has 0 rings (SSSR count). The van der Waals surface area contributed by atoms with Crippen molar-refractivity contribution >= 4 is 5.91 Å². The highest BCUT2D eigenvalue weighted by Crippen LogP contribution is 2.06. The third-order valence-corrected chi connectivity index (χ3v) is 2.38. The number of amides is 1. The summed E-state index contributed by atoms with van der Waals surface area (Å²) in [5.74, 6) is 3.07. The molecule has 0 fully saturated rings. The molecular weight excluding hydrogens is 188 g/mol. The van der Waals surface area contributed by atoms with Gasteiger partial charge in [0.15, 0.2) is 0 Å². The molecule has 0 saturated carbocycles. The second-order valence-corrected chi connectivity index (χ2v) is 3.90. The molecule has 0 aliphatic carbocycles. The molecule has 0 aromatic heterocycles. The Kier molecular flexibility index (Phi) is 7.75. The van der Waals surface area contributed by atoms with E-state index in [1.54, 1.807) is 4.90 Å². The molecular formula is C12H22N2O. The summed E-state index contributed by atoms with van der Waals surface area (Å²) < 4.78 is 0. The van der Waals surface area contributed by atoms with Crippen LogP contribution < -0.4 is 5.73 Å². The molecule has 3 nitrogen and oxygen atoms in total. The molecule has 3 heteroatoms. The molecule has 2 N–H and O–H groups in total. The number of hydrogen-bond acceptors (Lipinski definition) is 2. The molecule has 0 spiro atoms. The Balaban J connectivity index is 3.97. The van der Waals surface area contributed by atoms with Crippen LogP contribution in [0.3, 0.4) is 0 Å². The maximum atomic E-state index is 11.7. The van der Waals surface area contributed by atoms with Crippen molar-refractivity contribution in [2.45, 2.75) is 33.1 Å². The van der Waals surface area contributed by atoms with Gasteiger partial charge >= 0.3 is 0 Å². The summed E-state index contributed by atoms with van der Waals surface area (Å²) >= 11 is 0. The molecule has 1 unspecified atom stereocenters. The van der Waals surface area contributed by atoms with Gasteiger partial charge in [-0.15, -0.1) is 6.42 Å². The first-order valence-corrected chi connectivity index (χ1v) is 5.57. The molecule has 15 heavy (non-hydrogen) atoms. The lowest BCUT2D eigenvalue weighted by Crippen LogP contribution is -2.32. The number of rotatable bonds is 7. The highest BCUT2D eigenvalue weighted by molar-refractivity contribution is 5.76. The molecule has 0 bridgehead atoms. The van der Waals surface area contributed by atoms with Gasteiger partial charge in [0.2, 0.25) is 5.91 Å². The Morgan fingerprint density at radius 2 is 2.27 bits per heavy atom. The van der Waals surface area contributed by atoms with E-state index in [2.05, 4.69) is 12.8 Å². The van der Waals surface area contributed by atoms with Crippen molar-refractivity contribution in [2.24, 2.45) is 11.7 Å². The zero-order chi connectivity index (χ0) is 11.7. The van der Waals surface area contributed by atoms with Crippen LogP contribution in [0.1, 0.15) is 33.1 Å². The summed E-state index contributed by atoms with van der Waals surface area (Å²) in [5, 5.41) is 0. The lowest BCUT2D eigenvalue weighted by Gasteiger charge is -2.20. The van der Waals surface area contributed by atoms with Gasteiger partial charge in [-0.2, -0.15) is 0 Å². The van der Waals surface area contributed by atoms with Gasteiger partial charge in [0.25, 0.3) is 0 Å². The Morgan fingerprint density at radius 3 is 2.73 bits per heavy atom. The van der Waals surface area contributed by atoms with Gasteiger partial charge in [-0.05, 0) is 25.3 Å². The topological polar surface area (TPSA) is 46.3 Å². The van der Waals surface area contributed by atoms with Crippen LogP contribution in [0.4, 0.5) is 0 Å². The number of nitrogens with two attached hydrogens (primary N) is 1. The third kappa shape index (κ3) is 6.14. The second-order valence-electron chi connectivity index (χ2n) is 3.90. The molecule has 0 aliphatic heterocycles. The zero-order valence-corrected chi connectivity index (χ0v) is 9.83. The van der Waals surface area contributed by atoms with Crippen LogP contribution in [0.15, 0.2) is 0 Å². The Labute approximate surface area is 93.0 Å². The smallest absolute Gasteiger partial charge is 0.223 e. The predicted octanol–water partition coefficient (Wildman–Crippen LogP) is 1.23. The first-order valence-electron chi connectivity index (χ1n) is 5.57. The quantitative estimate of drug-likeness (QED) is 0.642. The fourth-order valence-corrected chi connectivity index (χ4v) is 1.32. The van der Waals surface area contributed by atoms with Gasteiger partial charge in [-0.25, -0.2) is 0 Å². The molecule has 0 heterocycles. The minimum atomic E-state index is 0.148.